The molecule has 6 nitrogen and oxygen atoms in total. The highest BCUT2D eigenvalue weighted by atomic mass is 16.6. The highest BCUT2D eigenvalue weighted by Crippen LogP contribution is 2.37. The Balaban J connectivity index is 2.43. The molecule has 0 atom stereocenters. The van der Waals surface area contributed by atoms with E-state index in [-0.39, 0.29) is 30.3 Å². The van der Waals surface area contributed by atoms with Crippen molar-refractivity contribution in [2.24, 2.45) is 0 Å². The van der Waals surface area contributed by atoms with Crippen LogP contribution in [0.3, 0.4) is 0 Å². The van der Waals surface area contributed by atoms with Crippen molar-refractivity contribution in [3.63, 3.8) is 0 Å². The summed E-state index contributed by atoms with van der Waals surface area (Å²) in [6.07, 6.45) is 1.49. The Morgan fingerprint density at radius 1 is 1.33 bits per heavy atom. The number of rotatable bonds is 6. The molecule has 6 heteroatoms. The SMILES string of the molecule is CCOC(=O)COc1cc2occc2c(OC)c1C(C)=O. The van der Waals surface area contributed by atoms with Crippen LogP contribution in [0.2, 0.25) is 0 Å². The number of fused-ring (bicyclic) bond motifs is 1. The van der Waals surface area contributed by atoms with Gasteiger partial charge >= 0.3 is 5.97 Å². The van der Waals surface area contributed by atoms with Crippen LogP contribution in [-0.2, 0) is 9.53 Å². The minimum Gasteiger partial charge on any atom is -0.495 e. The van der Waals surface area contributed by atoms with Crippen molar-refractivity contribution in [1.82, 2.24) is 0 Å². The quantitative estimate of drug-likeness (QED) is 0.601. The summed E-state index contributed by atoms with van der Waals surface area (Å²) in [5, 5.41) is 0.672. The van der Waals surface area contributed by atoms with E-state index in [1.165, 1.54) is 20.3 Å². The molecule has 0 bridgehead atoms. The van der Waals surface area contributed by atoms with Gasteiger partial charge in [0.15, 0.2) is 12.4 Å². The molecular formula is C15H16O6. The van der Waals surface area contributed by atoms with Crippen LogP contribution in [0.5, 0.6) is 11.5 Å². The van der Waals surface area contributed by atoms with Gasteiger partial charge in [-0.05, 0) is 19.9 Å². The summed E-state index contributed by atoms with van der Waals surface area (Å²) in [6, 6.07) is 3.27. The van der Waals surface area contributed by atoms with Crippen molar-refractivity contribution < 1.29 is 28.2 Å². The van der Waals surface area contributed by atoms with E-state index >= 15 is 0 Å². The fourth-order valence-electron chi connectivity index (χ4n) is 2.06. The van der Waals surface area contributed by atoms with E-state index < -0.39 is 5.97 Å². The van der Waals surface area contributed by atoms with E-state index in [0.717, 1.165) is 0 Å². The van der Waals surface area contributed by atoms with Crippen molar-refractivity contribution in [3.05, 3.63) is 24.0 Å². The largest absolute Gasteiger partial charge is 0.495 e. The molecule has 1 heterocycles. The number of hydrogen-bond donors (Lipinski definition) is 0. The van der Waals surface area contributed by atoms with Crippen LogP contribution in [0, 0.1) is 0 Å². The van der Waals surface area contributed by atoms with Crippen LogP contribution < -0.4 is 9.47 Å². The van der Waals surface area contributed by atoms with Gasteiger partial charge in [-0.15, -0.1) is 0 Å². The van der Waals surface area contributed by atoms with Gasteiger partial charge in [0.1, 0.15) is 22.6 Å². The third-order valence-electron chi connectivity index (χ3n) is 2.88. The number of furan rings is 1. The maximum Gasteiger partial charge on any atom is 0.344 e. The highest BCUT2D eigenvalue weighted by molar-refractivity contribution is 6.05. The number of carbonyl (C=O) groups is 2. The molecule has 0 aliphatic rings. The number of ether oxygens (including phenoxy) is 3. The third kappa shape index (κ3) is 2.99. The first-order valence-corrected chi connectivity index (χ1v) is 6.46. The van der Waals surface area contributed by atoms with Gasteiger partial charge in [0.25, 0.3) is 0 Å². The normalized spacial score (nSPS) is 10.4. The Hall–Kier alpha value is -2.50. The van der Waals surface area contributed by atoms with E-state index in [1.54, 1.807) is 19.1 Å². The predicted molar refractivity (Wildman–Crippen MR) is 74.9 cm³/mol. The molecule has 21 heavy (non-hydrogen) atoms. The molecule has 112 valence electrons. The molecule has 0 fully saturated rings. The first-order chi connectivity index (χ1) is 10.1. The molecule has 0 spiro atoms. The summed E-state index contributed by atoms with van der Waals surface area (Å²) in [5.41, 5.74) is 0.784. The number of benzene rings is 1. The second-order valence-corrected chi connectivity index (χ2v) is 4.27. The molecule has 2 aromatic rings. The second-order valence-electron chi connectivity index (χ2n) is 4.27. The predicted octanol–water partition coefficient (Wildman–Crippen LogP) is 2.59. The van der Waals surface area contributed by atoms with Crippen LogP contribution in [0.15, 0.2) is 22.8 Å². The maximum atomic E-state index is 11.9. The number of esters is 1. The summed E-state index contributed by atoms with van der Waals surface area (Å²) >= 11 is 0. The zero-order valence-electron chi connectivity index (χ0n) is 12.1. The fraction of sp³-hybridized carbons (Fsp3) is 0.333. The highest BCUT2D eigenvalue weighted by Gasteiger charge is 2.21. The Morgan fingerprint density at radius 2 is 2.10 bits per heavy atom. The smallest absolute Gasteiger partial charge is 0.344 e. The van der Waals surface area contributed by atoms with Gasteiger partial charge in [-0.25, -0.2) is 4.79 Å². The third-order valence-corrected chi connectivity index (χ3v) is 2.88. The monoisotopic (exact) mass is 292 g/mol. The molecule has 0 aliphatic heterocycles. The van der Waals surface area contributed by atoms with E-state index in [9.17, 15) is 9.59 Å². The molecule has 0 saturated heterocycles. The van der Waals surface area contributed by atoms with Crippen molar-refractivity contribution in [2.75, 3.05) is 20.3 Å². The van der Waals surface area contributed by atoms with E-state index in [0.29, 0.717) is 16.7 Å². The summed E-state index contributed by atoms with van der Waals surface area (Å²) < 4.78 is 20.8. The Bertz CT molecular complexity index is 670. The molecule has 1 aromatic carbocycles. The van der Waals surface area contributed by atoms with E-state index in [4.69, 9.17) is 18.6 Å². The van der Waals surface area contributed by atoms with Crippen LogP contribution in [0.4, 0.5) is 0 Å². The lowest BCUT2D eigenvalue weighted by Crippen LogP contribution is -2.16. The second kappa shape index (κ2) is 6.30. The average Bonchev–Trinajstić information content (AvgIpc) is 2.91. The molecule has 0 radical (unpaired) electrons. The summed E-state index contributed by atoms with van der Waals surface area (Å²) in [5.74, 6) is -0.137. The van der Waals surface area contributed by atoms with Gasteiger partial charge in [0.2, 0.25) is 0 Å². The molecule has 0 amide bonds. The molecule has 0 saturated carbocycles. The number of carbonyl (C=O) groups excluding carboxylic acids is 2. The van der Waals surface area contributed by atoms with Crippen molar-refractivity contribution in [2.45, 2.75) is 13.8 Å². The molecule has 1 aromatic heterocycles. The Kier molecular flexibility index (Phi) is 4.47. The van der Waals surface area contributed by atoms with Gasteiger partial charge in [-0.3, -0.25) is 4.79 Å². The lowest BCUT2D eigenvalue weighted by atomic mass is 10.1. The average molecular weight is 292 g/mol. The van der Waals surface area contributed by atoms with E-state index in [1.807, 2.05) is 0 Å². The summed E-state index contributed by atoms with van der Waals surface area (Å²) in [4.78, 5) is 23.3. The van der Waals surface area contributed by atoms with Gasteiger partial charge < -0.3 is 18.6 Å². The first kappa shape index (κ1) is 14.9. The lowest BCUT2D eigenvalue weighted by molar-refractivity contribution is -0.145. The van der Waals surface area contributed by atoms with Crippen molar-refractivity contribution in [1.29, 1.82) is 0 Å². The van der Waals surface area contributed by atoms with Crippen molar-refractivity contribution >= 4 is 22.7 Å². The number of ketones is 1. The zero-order valence-corrected chi connectivity index (χ0v) is 12.1. The number of methoxy groups -OCH3 is 1. The topological polar surface area (TPSA) is 75.0 Å². The molecule has 2 rings (SSSR count). The minimum absolute atomic E-state index is 0.228. The Morgan fingerprint density at radius 3 is 2.71 bits per heavy atom. The molecule has 0 N–H and O–H groups in total. The van der Waals surface area contributed by atoms with Crippen LogP contribution >= 0.6 is 0 Å². The summed E-state index contributed by atoms with van der Waals surface area (Å²) in [6.45, 7) is 3.09. The first-order valence-electron chi connectivity index (χ1n) is 6.46. The van der Waals surface area contributed by atoms with E-state index in [2.05, 4.69) is 0 Å². The van der Waals surface area contributed by atoms with Gasteiger partial charge in [-0.1, -0.05) is 0 Å². The Labute approximate surface area is 121 Å². The minimum atomic E-state index is -0.509. The lowest BCUT2D eigenvalue weighted by Gasteiger charge is -2.13. The maximum absolute atomic E-state index is 11.9. The van der Waals surface area contributed by atoms with Crippen LogP contribution in [-0.4, -0.2) is 32.1 Å². The molecule has 0 aliphatic carbocycles. The van der Waals surface area contributed by atoms with Crippen molar-refractivity contribution in [3.8, 4) is 11.5 Å². The van der Waals surface area contributed by atoms with Gasteiger partial charge in [0, 0.05) is 6.07 Å². The molecular weight excluding hydrogens is 276 g/mol. The number of Topliss-reactive ketones (excluding diaryl/α,β-unsaturated/α-hetero) is 1. The van der Waals surface area contributed by atoms with Crippen LogP contribution in [0.25, 0.3) is 11.0 Å². The van der Waals surface area contributed by atoms with Gasteiger partial charge in [-0.2, -0.15) is 0 Å². The fourth-order valence-corrected chi connectivity index (χ4v) is 2.06. The standard InChI is InChI=1S/C15H16O6/c1-4-19-13(17)8-21-12-7-11-10(5-6-20-11)15(18-3)14(12)9(2)16/h5-7H,4,8H2,1-3H3. The number of hydrogen-bond acceptors (Lipinski definition) is 6. The summed E-state index contributed by atoms with van der Waals surface area (Å²) in [7, 11) is 1.46. The van der Waals surface area contributed by atoms with Gasteiger partial charge in [0.05, 0.1) is 25.4 Å². The molecule has 0 unspecified atom stereocenters. The zero-order chi connectivity index (χ0) is 15.4. The van der Waals surface area contributed by atoms with Crippen LogP contribution in [0.1, 0.15) is 24.2 Å².